The average Bonchev–Trinajstić information content (AvgIpc) is 2.59. The Hall–Kier alpha value is -2.47. The van der Waals surface area contributed by atoms with E-state index in [9.17, 15) is 30.7 Å². The molecule has 2 rings (SSSR count). The number of nitrogens with zero attached hydrogens (tertiary/aromatic N) is 1. The Bertz CT molecular complexity index is 1140. The van der Waals surface area contributed by atoms with Crippen molar-refractivity contribution in [1.82, 2.24) is 5.32 Å². The molecular weight excluding hydrogens is 440 g/mol. The molecule has 1 aromatic rings. The summed E-state index contributed by atoms with van der Waals surface area (Å²) in [5.74, 6) is -0.581. The molecule has 0 saturated carbocycles. The lowest BCUT2D eigenvalue weighted by Crippen LogP contribution is -2.49. The smallest absolute Gasteiger partial charge is 0.292 e. The second kappa shape index (κ2) is 8.49. The zero-order valence-corrected chi connectivity index (χ0v) is 17.4. The predicted octanol–water partition coefficient (Wildman–Crippen LogP) is 2.26. The number of amides is 1. The van der Waals surface area contributed by atoms with Crippen LogP contribution in [0.25, 0.3) is 6.08 Å². The maximum absolute atomic E-state index is 12.1. The number of rotatable bonds is 6. The minimum atomic E-state index is -5.37. The average molecular weight is 457 g/mol. The van der Waals surface area contributed by atoms with Gasteiger partial charge in [-0.25, -0.2) is 0 Å². The molecule has 0 aliphatic heterocycles. The Balaban J connectivity index is 2.59. The van der Waals surface area contributed by atoms with Crippen molar-refractivity contribution in [2.24, 2.45) is 4.99 Å². The van der Waals surface area contributed by atoms with Crippen molar-refractivity contribution in [2.75, 3.05) is 0 Å². The van der Waals surface area contributed by atoms with E-state index in [0.717, 1.165) is 19.1 Å². The van der Waals surface area contributed by atoms with Crippen molar-refractivity contribution in [1.29, 1.82) is 0 Å². The number of hydrogen-bond acceptors (Lipinski definition) is 7. The molecule has 1 amide bonds. The van der Waals surface area contributed by atoms with Crippen LogP contribution >= 0.6 is 12.2 Å². The number of isothiocyanates is 1. The minimum absolute atomic E-state index is 0.104. The standard InChI is InChI=1S/C17H16N2O7S3/c1-12(20)19-16-9-6-14(17(10-16,28(21,22)23)29(24,25)26)5-2-13-3-7-15(8-4-13)18-11-27/h2-9H,10H2,1H3,(H,19,20)(H,21,22,23)(H,24,25,26). The van der Waals surface area contributed by atoms with Crippen LogP contribution in [0.4, 0.5) is 5.69 Å². The molecule has 0 fully saturated rings. The van der Waals surface area contributed by atoms with Gasteiger partial charge >= 0.3 is 0 Å². The Labute approximate surface area is 173 Å². The van der Waals surface area contributed by atoms with Crippen LogP contribution in [-0.4, -0.2) is 41.1 Å². The molecule has 9 nitrogen and oxygen atoms in total. The molecule has 0 aromatic heterocycles. The molecule has 12 heteroatoms. The van der Waals surface area contributed by atoms with Crippen molar-refractivity contribution in [3.8, 4) is 0 Å². The number of carbonyl (C=O) groups excluding carboxylic acids is 1. The van der Waals surface area contributed by atoms with Crippen LogP contribution < -0.4 is 5.32 Å². The summed E-state index contributed by atoms with van der Waals surface area (Å²) in [6, 6.07) is 6.41. The van der Waals surface area contributed by atoms with E-state index >= 15 is 0 Å². The van der Waals surface area contributed by atoms with Gasteiger partial charge in [-0.15, -0.1) is 0 Å². The Morgan fingerprint density at radius 3 is 2.21 bits per heavy atom. The summed E-state index contributed by atoms with van der Waals surface area (Å²) in [6.07, 6.45) is 4.01. The Morgan fingerprint density at radius 1 is 1.14 bits per heavy atom. The van der Waals surface area contributed by atoms with Crippen LogP contribution in [0.15, 0.2) is 58.8 Å². The first-order valence-corrected chi connectivity index (χ1v) is 11.2. The summed E-state index contributed by atoms with van der Waals surface area (Å²) in [5, 5.41) is 4.48. The lowest BCUT2D eigenvalue weighted by molar-refractivity contribution is -0.118. The number of allylic oxidation sites excluding steroid dienone is 4. The highest BCUT2D eigenvalue weighted by molar-refractivity contribution is 8.05. The number of nitrogens with one attached hydrogen (secondary N) is 1. The van der Waals surface area contributed by atoms with Crippen LogP contribution in [-0.2, 0) is 25.0 Å². The Kier molecular flexibility index (Phi) is 6.68. The van der Waals surface area contributed by atoms with Crippen LogP contribution in [0.5, 0.6) is 0 Å². The zero-order chi connectivity index (χ0) is 21.9. The maximum Gasteiger partial charge on any atom is 0.292 e. The monoisotopic (exact) mass is 456 g/mol. The SMILES string of the molecule is CC(=O)NC1=CC=C(C=Cc2ccc(N=C=S)cc2)C(S(=O)(=O)O)(S(=O)(=O)O)C1. The molecule has 154 valence electrons. The minimum Gasteiger partial charge on any atom is -0.330 e. The molecule has 0 bridgehead atoms. The molecule has 0 heterocycles. The maximum atomic E-state index is 12.1. The molecule has 1 aliphatic carbocycles. The van der Waals surface area contributed by atoms with E-state index in [1.165, 1.54) is 12.2 Å². The predicted molar refractivity (Wildman–Crippen MR) is 111 cm³/mol. The Morgan fingerprint density at radius 2 is 1.72 bits per heavy atom. The highest BCUT2D eigenvalue weighted by Crippen LogP contribution is 2.41. The molecule has 0 saturated heterocycles. The van der Waals surface area contributed by atoms with Gasteiger partial charge in [-0.2, -0.15) is 21.8 Å². The highest BCUT2D eigenvalue weighted by atomic mass is 32.3. The molecule has 1 aromatic carbocycles. The third-order valence-electron chi connectivity index (χ3n) is 4.02. The van der Waals surface area contributed by atoms with Gasteiger partial charge in [0.2, 0.25) is 5.91 Å². The van der Waals surface area contributed by atoms with Gasteiger partial charge in [0.1, 0.15) is 0 Å². The number of carbonyl (C=O) groups is 1. The summed E-state index contributed by atoms with van der Waals surface area (Å²) >= 11 is 4.50. The van der Waals surface area contributed by atoms with E-state index in [2.05, 4.69) is 27.7 Å². The molecular formula is C17H16N2O7S3. The van der Waals surface area contributed by atoms with E-state index in [4.69, 9.17) is 0 Å². The van der Waals surface area contributed by atoms with E-state index in [1.54, 1.807) is 24.3 Å². The van der Waals surface area contributed by atoms with Crippen molar-refractivity contribution < 1.29 is 30.7 Å². The first kappa shape index (κ1) is 22.8. The first-order valence-electron chi connectivity index (χ1n) is 7.90. The van der Waals surface area contributed by atoms with E-state index in [0.29, 0.717) is 11.3 Å². The van der Waals surface area contributed by atoms with Gasteiger partial charge in [-0.1, -0.05) is 30.4 Å². The topological polar surface area (TPSA) is 150 Å². The lowest BCUT2D eigenvalue weighted by atomic mass is 9.99. The summed E-state index contributed by atoms with van der Waals surface area (Å²) < 4.78 is 64.8. The van der Waals surface area contributed by atoms with Gasteiger partial charge in [0.25, 0.3) is 24.3 Å². The fourth-order valence-corrected chi connectivity index (χ4v) is 5.45. The van der Waals surface area contributed by atoms with Crippen LogP contribution in [0.1, 0.15) is 18.9 Å². The van der Waals surface area contributed by atoms with Crippen molar-refractivity contribution in [3.05, 3.63) is 59.3 Å². The zero-order valence-electron chi connectivity index (χ0n) is 14.9. The molecule has 0 radical (unpaired) electrons. The summed E-state index contributed by atoms with van der Waals surface area (Å²) in [5.41, 5.74) is 0.567. The molecule has 0 atom stereocenters. The third-order valence-corrected chi connectivity index (χ3v) is 7.80. The molecule has 29 heavy (non-hydrogen) atoms. The quantitative estimate of drug-likeness (QED) is 0.335. The van der Waals surface area contributed by atoms with Gasteiger partial charge in [0.15, 0.2) is 0 Å². The molecule has 0 unspecified atom stereocenters. The van der Waals surface area contributed by atoms with Gasteiger partial charge in [-0.05, 0) is 41.6 Å². The van der Waals surface area contributed by atoms with E-state index in [1.807, 2.05) is 0 Å². The normalized spacial score (nSPS) is 16.5. The fraction of sp³-hybridized carbons (Fsp3) is 0.176. The van der Waals surface area contributed by atoms with Crippen molar-refractivity contribution in [2.45, 2.75) is 17.4 Å². The number of benzene rings is 1. The number of hydrogen-bond donors (Lipinski definition) is 3. The third kappa shape index (κ3) is 4.93. The summed E-state index contributed by atoms with van der Waals surface area (Å²) in [7, 11) is -10.7. The van der Waals surface area contributed by atoms with Gasteiger partial charge < -0.3 is 5.32 Å². The van der Waals surface area contributed by atoms with Gasteiger partial charge in [0.05, 0.1) is 10.8 Å². The second-order valence-electron chi connectivity index (χ2n) is 6.00. The number of aliphatic imine (C=N–C) groups is 1. The molecule has 1 aliphatic rings. The van der Waals surface area contributed by atoms with Crippen LogP contribution in [0.2, 0.25) is 0 Å². The first-order chi connectivity index (χ1) is 13.4. The summed E-state index contributed by atoms with van der Waals surface area (Å²) in [4.78, 5) is 15.0. The number of thiocarbonyl (C=S) groups is 1. The van der Waals surface area contributed by atoms with E-state index in [-0.39, 0.29) is 5.70 Å². The van der Waals surface area contributed by atoms with Gasteiger partial charge in [0, 0.05) is 19.0 Å². The van der Waals surface area contributed by atoms with Crippen LogP contribution in [0.3, 0.4) is 0 Å². The van der Waals surface area contributed by atoms with E-state index < -0.39 is 42.2 Å². The van der Waals surface area contributed by atoms with Crippen LogP contribution in [0, 0.1) is 0 Å². The fourth-order valence-electron chi connectivity index (χ4n) is 2.74. The van der Waals surface area contributed by atoms with Crippen molar-refractivity contribution >= 4 is 55.3 Å². The second-order valence-corrected chi connectivity index (χ2v) is 9.74. The lowest BCUT2D eigenvalue weighted by Gasteiger charge is -2.32. The van der Waals surface area contributed by atoms with Gasteiger partial charge in [-0.3, -0.25) is 13.9 Å². The summed E-state index contributed by atoms with van der Waals surface area (Å²) in [6.45, 7) is 1.14. The molecule has 0 spiro atoms. The van der Waals surface area contributed by atoms with Crippen molar-refractivity contribution in [3.63, 3.8) is 0 Å². The largest absolute Gasteiger partial charge is 0.330 e. The highest BCUT2D eigenvalue weighted by Gasteiger charge is 2.58. The molecule has 3 N–H and O–H groups in total.